The molecule has 0 bridgehead atoms. The van der Waals surface area contributed by atoms with E-state index in [1.165, 1.54) is 4.90 Å². The van der Waals surface area contributed by atoms with E-state index in [0.717, 1.165) is 17.7 Å². The summed E-state index contributed by atoms with van der Waals surface area (Å²) < 4.78 is 5.59. The molecule has 0 saturated carbocycles. The standard InChI is InChI=1S/C28H28ClN3O3S/c1-2-17-35-24-13-11-22(12-14-24)30-26(33)19-25-27(34)32(23-10-6-9-21(29)18-23)28(36)31(25)16-15-20-7-4-3-5-8-20/h3-14,18,25H,2,15-17,19H2,1H3,(H,30,33). The van der Waals surface area contributed by atoms with Crippen molar-refractivity contribution in [1.29, 1.82) is 0 Å². The molecule has 3 aromatic carbocycles. The van der Waals surface area contributed by atoms with Crippen LogP contribution in [0.3, 0.4) is 0 Å². The predicted octanol–water partition coefficient (Wildman–Crippen LogP) is 5.70. The van der Waals surface area contributed by atoms with Crippen molar-refractivity contribution in [3.05, 3.63) is 89.4 Å². The largest absolute Gasteiger partial charge is 0.494 e. The van der Waals surface area contributed by atoms with Gasteiger partial charge in [0.15, 0.2) is 5.11 Å². The van der Waals surface area contributed by atoms with Crippen LogP contribution in [0.4, 0.5) is 11.4 Å². The van der Waals surface area contributed by atoms with Gasteiger partial charge in [0.25, 0.3) is 5.91 Å². The SMILES string of the molecule is CCCOc1ccc(NC(=O)CC2C(=O)N(c3cccc(Cl)c3)C(=S)N2CCc2ccccc2)cc1. The van der Waals surface area contributed by atoms with E-state index in [2.05, 4.69) is 5.32 Å². The van der Waals surface area contributed by atoms with Gasteiger partial charge in [0, 0.05) is 17.3 Å². The van der Waals surface area contributed by atoms with Gasteiger partial charge in [-0.05, 0) is 73.1 Å². The van der Waals surface area contributed by atoms with E-state index in [9.17, 15) is 9.59 Å². The molecule has 36 heavy (non-hydrogen) atoms. The van der Waals surface area contributed by atoms with Crippen LogP contribution in [0.5, 0.6) is 5.75 Å². The van der Waals surface area contributed by atoms with Crippen LogP contribution in [0.15, 0.2) is 78.9 Å². The molecular formula is C28H28ClN3O3S. The maximum atomic E-state index is 13.5. The zero-order valence-corrected chi connectivity index (χ0v) is 21.6. The summed E-state index contributed by atoms with van der Waals surface area (Å²) in [5.74, 6) is 0.236. The molecule has 1 atom stereocenters. The van der Waals surface area contributed by atoms with E-state index in [0.29, 0.717) is 41.1 Å². The maximum absolute atomic E-state index is 13.5. The average Bonchev–Trinajstić information content (AvgIpc) is 3.11. The quantitative estimate of drug-likeness (QED) is 0.347. The number of amides is 2. The van der Waals surface area contributed by atoms with E-state index in [1.54, 1.807) is 36.4 Å². The first-order valence-corrected chi connectivity index (χ1v) is 12.7. The number of hydrogen-bond acceptors (Lipinski definition) is 4. The maximum Gasteiger partial charge on any atom is 0.256 e. The van der Waals surface area contributed by atoms with Gasteiger partial charge in [0.1, 0.15) is 11.8 Å². The molecule has 1 aliphatic heterocycles. The Bertz CT molecular complexity index is 1220. The molecule has 3 aromatic rings. The zero-order valence-electron chi connectivity index (χ0n) is 20.0. The summed E-state index contributed by atoms with van der Waals surface area (Å²) in [6, 6.07) is 23.5. The number of nitrogens with one attached hydrogen (secondary N) is 1. The summed E-state index contributed by atoms with van der Waals surface area (Å²) in [5.41, 5.74) is 2.36. The van der Waals surface area contributed by atoms with Crippen LogP contribution in [0, 0.1) is 0 Å². The zero-order chi connectivity index (χ0) is 25.5. The van der Waals surface area contributed by atoms with Crippen molar-refractivity contribution in [3.63, 3.8) is 0 Å². The van der Waals surface area contributed by atoms with Gasteiger partial charge in [-0.1, -0.05) is 54.9 Å². The number of halogens is 1. The third kappa shape index (κ3) is 6.22. The van der Waals surface area contributed by atoms with Gasteiger partial charge in [-0.15, -0.1) is 0 Å². The second kappa shape index (κ2) is 12.0. The summed E-state index contributed by atoms with van der Waals surface area (Å²) in [6.07, 6.45) is 1.58. The van der Waals surface area contributed by atoms with E-state index in [1.807, 2.05) is 54.3 Å². The smallest absolute Gasteiger partial charge is 0.256 e. The molecule has 186 valence electrons. The number of carbonyl (C=O) groups is 2. The number of hydrogen-bond donors (Lipinski definition) is 1. The second-order valence-corrected chi connectivity index (χ2v) is 9.31. The topological polar surface area (TPSA) is 61.9 Å². The van der Waals surface area contributed by atoms with Gasteiger partial charge >= 0.3 is 0 Å². The van der Waals surface area contributed by atoms with Crippen molar-refractivity contribution >= 4 is 52.1 Å². The van der Waals surface area contributed by atoms with E-state index in [-0.39, 0.29) is 18.2 Å². The highest BCUT2D eigenvalue weighted by atomic mass is 35.5. The molecule has 1 aliphatic rings. The van der Waals surface area contributed by atoms with Crippen molar-refractivity contribution in [3.8, 4) is 5.75 Å². The molecule has 1 heterocycles. The van der Waals surface area contributed by atoms with Gasteiger partial charge in [-0.25, -0.2) is 0 Å². The highest BCUT2D eigenvalue weighted by Gasteiger charge is 2.43. The van der Waals surface area contributed by atoms with Crippen molar-refractivity contribution in [2.45, 2.75) is 32.2 Å². The first-order chi connectivity index (χ1) is 17.5. The van der Waals surface area contributed by atoms with Crippen LogP contribution < -0.4 is 15.0 Å². The minimum Gasteiger partial charge on any atom is -0.494 e. The van der Waals surface area contributed by atoms with Crippen LogP contribution >= 0.6 is 23.8 Å². The summed E-state index contributed by atoms with van der Waals surface area (Å²) in [5, 5.41) is 3.76. The first-order valence-electron chi connectivity index (χ1n) is 11.9. The molecule has 0 aliphatic carbocycles. The Labute approximate surface area is 221 Å². The monoisotopic (exact) mass is 521 g/mol. The van der Waals surface area contributed by atoms with Crippen LogP contribution in [0.25, 0.3) is 0 Å². The van der Waals surface area contributed by atoms with E-state index in [4.69, 9.17) is 28.6 Å². The number of carbonyl (C=O) groups excluding carboxylic acids is 2. The third-order valence-corrected chi connectivity index (χ3v) is 6.51. The molecule has 0 radical (unpaired) electrons. The van der Waals surface area contributed by atoms with Crippen molar-refractivity contribution in [2.75, 3.05) is 23.4 Å². The third-order valence-electron chi connectivity index (χ3n) is 5.86. The van der Waals surface area contributed by atoms with Gasteiger partial charge in [0.2, 0.25) is 5.91 Å². The number of ether oxygens (including phenoxy) is 1. The Hall–Kier alpha value is -3.42. The van der Waals surface area contributed by atoms with Gasteiger partial charge in [0.05, 0.1) is 18.7 Å². The number of nitrogens with zero attached hydrogens (tertiary/aromatic N) is 2. The molecule has 6 nitrogen and oxygen atoms in total. The summed E-state index contributed by atoms with van der Waals surface area (Å²) >= 11 is 11.9. The van der Waals surface area contributed by atoms with E-state index < -0.39 is 6.04 Å². The molecule has 8 heteroatoms. The minimum absolute atomic E-state index is 0.0289. The normalized spacial score (nSPS) is 15.3. The Morgan fingerprint density at radius 1 is 1.06 bits per heavy atom. The van der Waals surface area contributed by atoms with Gasteiger partial charge < -0.3 is 15.0 Å². The fourth-order valence-corrected chi connectivity index (χ4v) is 4.67. The van der Waals surface area contributed by atoms with Crippen LogP contribution in [-0.2, 0) is 16.0 Å². The molecule has 1 saturated heterocycles. The van der Waals surface area contributed by atoms with Gasteiger partial charge in [-0.3, -0.25) is 14.5 Å². The predicted molar refractivity (Wildman–Crippen MR) is 148 cm³/mol. The van der Waals surface area contributed by atoms with Crippen molar-refractivity contribution in [2.24, 2.45) is 0 Å². The molecule has 2 amide bonds. The van der Waals surface area contributed by atoms with Crippen LogP contribution in [0.2, 0.25) is 5.02 Å². The lowest BCUT2D eigenvalue weighted by atomic mass is 10.1. The number of benzene rings is 3. The first kappa shape index (κ1) is 25.7. The Morgan fingerprint density at radius 3 is 2.50 bits per heavy atom. The highest BCUT2D eigenvalue weighted by molar-refractivity contribution is 7.80. The van der Waals surface area contributed by atoms with Crippen molar-refractivity contribution in [1.82, 2.24) is 4.90 Å². The average molecular weight is 522 g/mol. The molecule has 1 N–H and O–H groups in total. The lowest BCUT2D eigenvalue weighted by molar-refractivity contribution is -0.124. The fraction of sp³-hybridized carbons (Fsp3) is 0.250. The Kier molecular flexibility index (Phi) is 8.57. The van der Waals surface area contributed by atoms with Crippen molar-refractivity contribution < 1.29 is 14.3 Å². The van der Waals surface area contributed by atoms with Crippen LogP contribution in [-0.4, -0.2) is 41.0 Å². The highest BCUT2D eigenvalue weighted by Crippen LogP contribution is 2.29. The summed E-state index contributed by atoms with van der Waals surface area (Å²) in [4.78, 5) is 29.8. The molecule has 0 aromatic heterocycles. The number of rotatable bonds is 10. The number of thiocarbonyl (C=S) groups is 1. The second-order valence-electron chi connectivity index (χ2n) is 8.51. The molecular weight excluding hydrogens is 494 g/mol. The van der Waals surface area contributed by atoms with Gasteiger partial charge in [-0.2, -0.15) is 0 Å². The molecule has 1 unspecified atom stereocenters. The molecule has 4 rings (SSSR count). The molecule has 1 fully saturated rings. The fourth-order valence-electron chi connectivity index (χ4n) is 4.08. The van der Waals surface area contributed by atoms with E-state index >= 15 is 0 Å². The minimum atomic E-state index is -0.715. The Morgan fingerprint density at radius 2 is 1.81 bits per heavy atom. The summed E-state index contributed by atoms with van der Waals surface area (Å²) in [7, 11) is 0. The summed E-state index contributed by atoms with van der Waals surface area (Å²) in [6.45, 7) is 3.19. The van der Waals surface area contributed by atoms with Crippen LogP contribution in [0.1, 0.15) is 25.3 Å². The lowest BCUT2D eigenvalue weighted by Gasteiger charge is -2.24. The number of anilines is 2. The Balaban J connectivity index is 1.50. The molecule has 0 spiro atoms. The lowest BCUT2D eigenvalue weighted by Crippen LogP contribution is -2.39.